The number of nitriles is 1. The Hall–Kier alpha value is -2.20. The normalized spacial score (nSPS) is 19.7. The minimum atomic E-state index is -0.474. The van der Waals surface area contributed by atoms with Crippen LogP contribution in [-0.4, -0.2) is 41.6 Å². The lowest BCUT2D eigenvalue weighted by atomic mass is 10.2. The fourth-order valence-corrected chi connectivity index (χ4v) is 1.75. The van der Waals surface area contributed by atoms with Gasteiger partial charge in [-0.15, -0.1) is 0 Å². The number of hydrogen-bond donors (Lipinski definition) is 2. The molecule has 1 fully saturated rings. The summed E-state index contributed by atoms with van der Waals surface area (Å²) in [4.78, 5) is 21.2. The summed E-state index contributed by atoms with van der Waals surface area (Å²) in [5.74, 6) is -0.0579. The molecule has 1 amide bonds. The van der Waals surface area contributed by atoms with E-state index in [9.17, 15) is 4.79 Å². The second-order valence-electron chi connectivity index (χ2n) is 3.67. The Morgan fingerprint density at radius 2 is 2.53 bits per heavy atom. The molecule has 0 aliphatic carbocycles. The molecule has 2 rings (SSSR count). The molecule has 1 saturated heterocycles. The zero-order valence-corrected chi connectivity index (χ0v) is 9.13. The summed E-state index contributed by atoms with van der Waals surface area (Å²) in [5.41, 5.74) is 5.60. The summed E-state index contributed by atoms with van der Waals surface area (Å²) in [5, 5.41) is 11.9. The van der Waals surface area contributed by atoms with Gasteiger partial charge in [-0.2, -0.15) is 5.26 Å². The molecule has 7 heteroatoms. The van der Waals surface area contributed by atoms with E-state index in [2.05, 4.69) is 15.3 Å². The van der Waals surface area contributed by atoms with Crippen LogP contribution in [0.1, 0.15) is 5.69 Å². The molecule has 17 heavy (non-hydrogen) atoms. The van der Waals surface area contributed by atoms with Crippen molar-refractivity contribution in [2.75, 3.05) is 24.5 Å². The van der Waals surface area contributed by atoms with Gasteiger partial charge in [-0.25, -0.2) is 9.97 Å². The molecule has 88 valence electrons. The van der Waals surface area contributed by atoms with Crippen LogP contribution < -0.4 is 16.0 Å². The number of piperazine rings is 1. The van der Waals surface area contributed by atoms with Crippen LogP contribution in [-0.2, 0) is 4.79 Å². The maximum Gasteiger partial charge on any atom is 0.241 e. The molecule has 1 aliphatic rings. The molecule has 0 bridgehead atoms. The van der Waals surface area contributed by atoms with Crippen LogP contribution in [0.3, 0.4) is 0 Å². The quantitative estimate of drug-likeness (QED) is 0.650. The first-order valence-corrected chi connectivity index (χ1v) is 5.22. The lowest BCUT2D eigenvalue weighted by Gasteiger charge is -2.33. The number of rotatable bonds is 2. The van der Waals surface area contributed by atoms with E-state index in [1.807, 2.05) is 6.07 Å². The van der Waals surface area contributed by atoms with Gasteiger partial charge in [-0.3, -0.25) is 4.79 Å². The van der Waals surface area contributed by atoms with Crippen molar-refractivity contribution >= 4 is 11.9 Å². The molecule has 0 spiro atoms. The van der Waals surface area contributed by atoms with Crippen LogP contribution in [0.5, 0.6) is 0 Å². The number of anilines is 1. The van der Waals surface area contributed by atoms with Gasteiger partial charge in [0.15, 0.2) is 0 Å². The highest BCUT2D eigenvalue weighted by atomic mass is 16.1. The number of carbonyl (C=O) groups is 1. The van der Waals surface area contributed by atoms with Crippen molar-refractivity contribution in [3.8, 4) is 6.07 Å². The van der Waals surface area contributed by atoms with Gasteiger partial charge in [0, 0.05) is 25.8 Å². The molecular weight excluding hydrogens is 220 g/mol. The van der Waals surface area contributed by atoms with Crippen molar-refractivity contribution in [3.63, 3.8) is 0 Å². The van der Waals surface area contributed by atoms with Crippen LogP contribution in [0, 0.1) is 11.3 Å². The molecule has 7 nitrogen and oxygen atoms in total. The van der Waals surface area contributed by atoms with Gasteiger partial charge >= 0.3 is 0 Å². The number of primary amides is 1. The lowest BCUT2D eigenvalue weighted by Crippen LogP contribution is -2.57. The molecule has 0 saturated carbocycles. The molecule has 0 radical (unpaired) electrons. The monoisotopic (exact) mass is 232 g/mol. The van der Waals surface area contributed by atoms with Crippen LogP contribution in [0.15, 0.2) is 12.3 Å². The SMILES string of the molecule is N#Cc1ccnc(N2CCNCC2C(N)=O)n1. The Bertz CT molecular complexity index is 468. The second kappa shape index (κ2) is 4.76. The van der Waals surface area contributed by atoms with Gasteiger partial charge in [-0.1, -0.05) is 0 Å². The molecule has 1 aromatic rings. The minimum Gasteiger partial charge on any atom is -0.368 e. The lowest BCUT2D eigenvalue weighted by molar-refractivity contribution is -0.119. The van der Waals surface area contributed by atoms with Crippen molar-refractivity contribution in [2.24, 2.45) is 5.73 Å². The zero-order chi connectivity index (χ0) is 12.3. The fraction of sp³-hybridized carbons (Fsp3) is 0.400. The first kappa shape index (κ1) is 11.3. The predicted molar refractivity (Wildman–Crippen MR) is 59.9 cm³/mol. The molecule has 2 heterocycles. The summed E-state index contributed by atoms with van der Waals surface area (Å²) in [6.07, 6.45) is 1.50. The summed E-state index contributed by atoms with van der Waals surface area (Å²) >= 11 is 0. The van der Waals surface area contributed by atoms with Crippen molar-refractivity contribution in [3.05, 3.63) is 18.0 Å². The average Bonchev–Trinajstić information content (AvgIpc) is 2.39. The topological polar surface area (TPSA) is 108 Å². The fourth-order valence-electron chi connectivity index (χ4n) is 1.75. The Morgan fingerprint density at radius 3 is 3.24 bits per heavy atom. The van der Waals surface area contributed by atoms with Crippen molar-refractivity contribution in [1.29, 1.82) is 5.26 Å². The van der Waals surface area contributed by atoms with Gasteiger partial charge in [0.05, 0.1) is 0 Å². The molecule has 0 aromatic carbocycles. The van der Waals surface area contributed by atoms with E-state index < -0.39 is 11.9 Å². The van der Waals surface area contributed by atoms with Gasteiger partial charge < -0.3 is 16.0 Å². The summed E-state index contributed by atoms with van der Waals surface area (Å²) in [6, 6.07) is 2.99. The molecule has 1 aromatic heterocycles. The third-order valence-electron chi connectivity index (χ3n) is 2.59. The van der Waals surface area contributed by atoms with Crippen molar-refractivity contribution in [1.82, 2.24) is 15.3 Å². The van der Waals surface area contributed by atoms with Gasteiger partial charge in [0.25, 0.3) is 0 Å². The van der Waals surface area contributed by atoms with E-state index in [4.69, 9.17) is 11.0 Å². The highest BCUT2D eigenvalue weighted by Crippen LogP contribution is 2.12. The van der Waals surface area contributed by atoms with Gasteiger partial charge in [-0.05, 0) is 6.07 Å². The smallest absolute Gasteiger partial charge is 0.241 e. The molecular formula is C10H12N6O. The average molecular weight is 232 g/mol. The van der Waals surface area contributed by atoms with E-state index in [1.165, 1.54) is 12.3 Å². The van der Waals surface area contributed by atoms with E-state index in [0.717, 1.165) is 6.54 Å². The molecule has 1 atom stereocenters. The summed E-state index contributed by atoms with van der Waals surface area (Å²) < 4.78 is 0. The maximum atomic E-state index is 11.3. The van der Waals surface area contributed by atoms with Crippen LogP contribution >= 0.6 is 0 Å². The highest BCUT2D eigenvalue weighted by molar-refractivity contribution is 5.83. The predicted octanol–water partition coefficient (Wildman–Crippen LogP) is -1.39. The Morgan fingerprint density at radius 1 is 1.71 bits per heavy atom. The first-order chi connectivity index (χ1) is 8.22. The zero-order valence-electron chi connectivity index (χ0n) is 9.13. The van der Waals surface area contributed by atoms with Crippen LogP contribution in [0.4, 0.5) is 5.95 Å². The summed E-state index contributed by atoms with van der Waals surface area (Å²) in [7, 11) is 0. The van der Waals surface area contributed by atoms with E-state index in [1.54, 1.807) is 4.90 Å². The van der Waals surface area contributed by atoms with E-state index in [0.29, 0.717) is 19.0 Å². The van der Waals surface area contributed by atoms with E-state index >= 15 is 0 Å². The number of nitrogens with two attached hydrogens (primary N) is 1. The number of hydrogen-bond acceptors (Lipinski definition) is 6. The van der Waals surface area contributed by atoms with E-state index in [-0.39, 0.29) is 5.69 Å². The second-order valence-corrected chi connectivity index (χ2v) is 3.67. The summed E-state index contributed by atoms with van der Waals surface area (Å²) in [6.45, 7) is 1.78. The third kappa shape index (κ3) is 2.32. The number of nitrogens with one attached hydrogen (secondary N) is 1. The maximum absolute atomic E-state index is 11.3. The molecule has 1 unspecified atom stereocenters. The van der Waals surface area contributed by atoms with Gasteiger partial charge in [0.2, 0.25) is 11.9 Å². The number of aromatic nitrogens is 2. The van der Waals surface area contributed by atoms with Gasteiger partial charge in [0.1, 0.15) is 17.8 Å². The molecule has 3 N–H and O–H groups in total. The Kier molecular flexibility index (Phi) is 3.16. The first-order valence-electron chi connectivity index (χ1n) is 5.22. The van der Waals surface area contributed by atoms with Crippen molar-refractivity contribution < 1.29 is 4.79 Å². The largest absolute Gasteiger partial charge is 0.368 e. The van der Waals surface area contributed by atoms with Crippen molar-refractivity contribution in [2.45, 2.75) is 6.04 Å². The number of carbonyl (C=O) groups excluding carboxylic acids is 1. The Balaban J connectivity index is 2.29. The van der Waals surface area contributed by atoms with Crippen LogP contribution in [0.2, 0.25) is 0 Å². The Labute approximate surface area is 98.3 Å². The molecule has 1 aliphatic heterocycles. The van der Waals surface area contributed by atoms with Crippen LogP contribution in [0.25, 0.3) is 0 Å². The number of amides is 1. The standard InChI is InChI=1S/C10H12N6O/c11-5-7-1-2-14-10(15-7)16-4-3-13-6-8(16)9(12)17/h1-2,8,13H,3-4,6H2,(H2,12,17). The minimum absolute atomic E-state index is 0.275. The number of nitrogens with zero attached hydrogens (tertiary/aromatic N) is 4. The highest BCUT2D eigenvalue weighted by Gasteiger charge is 2.28. The third-order valence-corrected chi connectivity index (χ3v) is 2.59.